The number of rotatable bonds is 5. The van der Waals surface area contributed by atoms with E-state index in [1.54, 1.807) is 11.3 Å². The van der Waals surface area contributed by atoms with Gasteiger partial charge in [-0.15, -0.1) is 11.3 Å². The number of thiazole rings is 1. The lowest BCUT2D eigenvalue weighted by molar-refractivity contribution is -0.121. The summed E-state index contributed by atoms with van der Waals surface area (Å²) in [6.07, 6.45) is 1.31. The van der Waals surface area contributed by atoms with E-state index < -0.39 is 0 Å². The summed E-state index contributed by atoms with van der Waals surface area (Å²) >= 11 is 1.63. The lowest BCUT2D eigenvalue weighted by atomic mass is 10.2. The Balaban J connectivity index is 2.52. The van der Waals surface area contributed by atoms with Crippen LogP contribution in [-0.2, 0) is 11.2 Å². The molecule has 0 aliphatic carbocycles. The van der Waals surface area contributed by atoms with Crippen molar-refractivity contribution < 1.29 is 4.79 Å². The average molecular weight is 227 g/mol. The lowest BCUT2D eigenvalue weighted by Gasteiger charge is -2.10. The van der Waals surface area contributed by atoms with Crippen LogP contribution in [0.3, 0.4) is 0 Å². The molecule has 1 unspecified atom stereocenters. The van der Waals surface area contributed by atoms with E-state index in [9.17, 15) is 4.79 Å². The molecule has 0 spiro atoms. The van der Waals surface area contributed by atoms with Crippen LogP contribution in [0.25, 0.3) is 0 Å². The molecule has 0 saturated heterocycles. The molecule has 3 N–H and O–H groups in total. The van der Waals surface area contributed by atoms with E-state index in [-0.39, 0.29) is 11.9 Å². The minimum atomic E-state index is -0.0272. The Hall–Kier alpha value is -0.940. The first kappa shape index (κ1) is 12.1. The molecular formula is C10H17N3OS. The Morgan fingerprint density at radius 2 is 2.47 bits per heavy atom. The number of aryl methyl sites for hydroxylation is 1. The Morgan fingerprint density at radius 3 is 3.00 bits per heavy atom. The highest BCUT2D eigenvalue weighted by Gasteiger charge is 2.11. The van der Waals surface area contributed by atoms with Gasteiger partial charge in [0, 0.05) is 18.3 Å². The molecule has 4 nitrogen and oxygen atoms in total. The third-order valence-electron chi connectivity index (χ3n) is 2.06. The van der Waals surface area contributed by atoms with Gasteiger partial charge in [0.15, 0.2) is 0 Å². The van der Waals surface area contributed by atoms with E-state index in [1.807, 2.05) is 12.3 Å². The Kier molecular flexibility index (Phi) is 4.71. The number of hydrogen-bond acceptors (Lipinski definition) is 4. The van der Waals surface area contributed by atoms with Crippen molar-refractivity contribution >= 4 is 17.2 Å². The van der Waals surface area contributed by atoms with Gasteiger partial charge in [-0.25, -0.2) is 4.98 Å². The molecule has 1 heterocycles. The molecule has 0 bridgehead atoms. The molecule has 84 valence electrons. The summed E-state index contributed by atoms with van der Waals surface area (Å²) < 4.78 is 0. The number of amides is 1. The Labute approximate surface area is 93.9 Å². The van der Waals surface area contributed by atoms with Crippen molar-refractivity contribution in [2.75, 3.05) is 6.54 Å². The number of nitrogens with zero attached hydrogens (tertiary/aromatic N) is 1. The van der Waals surface area contributed by atoms with Gasteiger partial charge < -0.3 is 11.1 Å². The largest absolute Gasteiger partial charge is 0.348 e. The van der Waals surface area contributed by atoms with Crippen LogP contribution in [-0.4, -0.2) is 17.4 Å². The summed E-state index contributed by atoms with van der Waals surface area (Å²) in [7, 11) is 0. The molecule has 1 rings (SSSR count). The Bertz CT molecular complexity index is 324. The number of nitrogens with two attached hydrogens (primary N) is 1. The maximum Gasteiger partial charge on any atom is 0.221 e. The van der Waals surface area contributed by atoms with Gasteiger partial charge in [-0.05, 0) is 13.3 Å². The molecule has 5 heteroatoms. The van der Waals surface area contributed by atoms with Crippen LogP contribution < -0.4 is 11.1 Å². The van der Waals surface area contributed by atoms with Crippen molar-refractivity contribution in [1.29, 1.82) is 0 Å². The van der Waals surface area contributed by atoms with E-state index >= 15 is 0 Å². The summed E-state index contributed by atoms with van der Waals surface area (Å²) in [6.45, 7) is 4.39. The fourth-order valence-corrected chi connectivity index (χ4v) is 2.04. The molecule has 1 aromatic rings. The van der Waals surface area contributed by atoms with E-state index in [0.717, 1.165) is 17.1 Å². The van der Waals surface area contributed by atoms with Crippen LogP contribution in [0, 0.1) is 0 Å². The van der Waals surface area contributed by atoms with Crippen molar-refractivity contribution in [3.63, 3.8) is 0 Å². The van der Waals surface area contributed by atoms with Gasteiger partial charge in [0.25, 0.3) is 0 Å². The Morgan fingerprint density at radius 1 is 1.73 bits per heavy atom. The predicted octanol–water partition coefficient (Wildman–Crippen LogP) is 1.23. The van der Waals surface area contributed by atoms with Gasteiger partial charge in [0.1, 0.15) is 0 Å². The molecule has 1 amide bonds. The molecule has 1 aromatic heterocycles. The fraction of sp³-hybridized carbons (Fsp3) is 0.600. The third-order valence-corrected chi connectivity index (χ3v) is 3.08. The standard InChI is InChI=1S/C10H17N3OS/c1-3-10-13-8(6-15-10)7(2)12-9(14)4-5-11/h6-7H,3-5,11H2,1-2H3,(H,12,14). The van der Waals surface area contributed by atoms with Crippen LogP contribution >= 0.6 is 11.3 Å². The quantitative estimate of drug-likeness (QED) is 0.795. The molecular weight excluding hydrogens is 210 g/mol. The summed E-state index contributed by atoms with van der Waals surface area (Å²) in [6, 6.07) is -0.0272. The molecule has 15 heavy (non-hydrogen) atoms. The highest BCUT2D eigenvalue weighted by atomic mass is 32.1. The minimum absolute atomic E-state index is 0.0175. The van der Waals surface area contributed by atoms with Gasteiger partial charge in [0.2, 0.25) is 5.91 Å². The van der Waals surface area contributed by atoms with Crippen molar-refractivity contribution in [2.24, 2.45) is 5.73 Å². The van der Waals surface area contributed by atoms with Crippen LogP contribution in [0.1, 0.15) is 37.0 Å². The van der Waals surface area contributed by atoms with Crippen molar-refractivity contribution in [3.8, 4) is 0 Å². The van der Waals surface area contributed by atoms with Gasteiger partial charge >= 0.3 is 0 Å². The highest BCUT2D eigenvalue weighted by Crippen LogP contribution is 2.16. The number of nitrogens with one attached hydrogen (secondary N) is 1. The van der Waals surface area contributed by atoms with Crippen LogP contribution in [0.5, 0.6) is 0 Å². The third kappa shape index (κ3) is 3.60. The number of carbonyl (C=O) groups excluding carboxylic acids is 1. The molecule has 0 aliphatic heterocycles. The zero-order valence-corrected chi connectivity index (χ0v) is 9.93. The smallest absolute Gasteiger partial charge is 0.221 e. The van der Waals surface area contributed by atoms with Crippen molar-refractivity contribution in [1.82, 2.24) is 10.3 Å². The normalized spacial score (nSPS) is 12.5. The molecule has 1 atom stereocenters. The molecule has 0 radical (unpaired) electrons. The number of carbonyl (C=O) groups is 1. The zero-order chi connectivity index (χ0) is 11.3. The first-order chi connectivity index (χ1) is 7.17. The summed E-state index contributed by atoms with van der Waals surface area (Å²) in [5.74, 6) is -0.0175. The SMILES string of the molecule is CCc1nc(C(C)NC(=O)CCN)cs1. The first-order valence-electron chi connectivity index (χ1n) is 5.11. The highest BCUT2D eigenvalue weighted by molar-refractivity contribution is 7.09. The van der Waals surface area contributed by atoms with Gasteiger partial charge in [-0.1, -0.05) is 6.92 Å². The van der Waals surface area contributed by atoms with E-state index in [1.165, 1.54) is 0 Å². The molecule has 0 fully saturated rings. The van der Waals surface area contributed by atoms with Crippen LogP contribution in [0.2, 0.25) is 0 Å². The minimum Gasteiger partial charge on any atom is -0.348 e. The topological polar surface area (TPSA) is 68.0 Å². The van der Waals surface area contributed by atoms with Crippen LogP contribution in [0.4, 0.5) is 0 Å². The van der Waals surface area contributed by atoms with E-state index in [4.69, 9.17) is 5.73 Å². The second-order valence-corrected chi connectivity index (χ2v) is 4.29. The molecule has 0 aromatic carbocycles. The molecule has 0 aliphatic rings. The average Bonchev–Trinajstić information content (AvgIpc) is 2.66. The zero-order valence-electron chi connectivity index (χ0n) is 9.12. The van der Waals surface area contributed by atoms with Crippen molar-refractivity contribution in [2.45, 2.75) is 32.7 Å². The maximum absolute atomic E-state index is 11.3. The first-order valence-corrected chi connectivity index (χ1v) is 5.99. The van der Waals surface area contributed by atoms with Gasteiger partial charge in [0.05, 0.1) is 16.7 Å². The maximum atomic E-state index is 11.3. The summed E-state index contributed by atoms with van der Waals surface area (Å²) in [4.78, 5) is 15.7. The number of aromatic nitrogens is 1. The lowest BCUT2D eigenvalue weighted by Crippen LogP contribution is -2.28. The van der Waals surface area contributed by atoms with E-state index in [2.05, 4.69) is 17.2 Å². The van der Waals surface area contributed by atoms with E-state index in [0.29, 0.717) is 13.0 Å². The summed E-state index contributed by atoms with van der Waals surface area (Å²) in [5.41, 5.74) is 6.23. The van der Waals surface area contributed by atoms with Crippen LogP contribution in [0.15, 0.2) is 5.38 Å². The molecule has 0 saturated carbocycles. The second kappa shape index (κ2) is 5.82. The fourth-order valence-electron chi connectivity index (χ4n) is 1.21. The second-order valence-electron chi connectivity index (χ2n) is 3.35. The monoisotopic (exact) mass is 227 g/mol. The van der Waals surface area contributed by atoms with Gasteiger partial charge in [-0.3, -0.25) is 4.79 Å². The van der Waals surface area contributed by atoms with Crippen molar-refractivity contribution in [3.05, 3.63) is 16.1 Å². The summed E-state index contributed by atoms with van der Waals surface area (Å²) in [5, 5.41) is 5.95. The number of hydrogen-bond donors (Lipinski definition) is 2. The predicted molar refractivity (Wildman–Crippen MR) is 61.7 cm³/mol. The van der Waals surface area contributed by atoms with Gasteiger partial charge in [-0.2, -0.15) is 0 Å².